The van der Waals surface area contributed by atoms with Crippen LogP contribution in [0.15, 0.2) is 110 Å². The zero-order valence-electron chi connectivity index (χ0n) is 27.7. The Morgan fingerprint density at radius 1 is 0.878 bits per heavy atom. The second kappa shape index (κ2) is 15.5. The number of anilines is 3. The van der Waals surface area contributed by atoms with Crippen molar-refractivity contribution < 1.29 is 23.5 Å². The molecule has 3 heterocycles. The van der Waals surface area contributed by atoms with Crippen LogP contribution in [-0.4, -0.2) is 76.4 Å². The van der Waals surface area contributed by atoms with Gasteiger partial charge >= 0.3 is 6.16 Å². The predicted octanol–water partition coefficient (Wildman–Crippen LogP) is 6.42. The molecule has 1 saturated heterocycles. The number of piperazine rings is 1. The van der Waals surface area contributed by atoms with Crippen LogP contribution in [0, 0.1) is 6.92 Å². The first-order valence-corrected chi connectivity index (χ1v) is 16.2. The van der Waals surface area contributed by atoms with Gasteiger partial charge in [-0.2, -0.15) is 0 Å². The Kier molecular flexibility index (Phi) is 10.5. The zero-order valence-corrected chi connectivity index (χ0v) is 27.7. The first kappa shape index (κ1) is 33.3. The van der Waals surface area contributed by atoms with Crippen LogP contribution in [0.1, 0.15) is 27.0 Å². The molecule has 1 aliphatic heterocycles. The number of nitrogens with zero attached hydrogens (tertiary/aromatic N) is 5. The fraction of sp³-hybridized carbons (Fsp3) is 0.237. The number of aryl methyl sites for hydroxylation is 1. The molecule has 3 aromatic carbocycles. The zero-order chi connectivity index (χ0) is 34.1. The number of hydrogen-bond donors (Lipinski definition) is 2. The van der Waals surface area contributed by atoms with Gasteiger partial charge in [-0.3, -0.25) is 19.2 Å². The maximum atomic E-state index is 13.1. The van der Waals surface area contributed by atoms with Gasteiger partial charge in [0.2, 0.25) is 12.7 Å². The molecule has 2 aromatic heterocycles. The molecule has 5 aromatic rings. The summed E-state index contributed by atoms with van der Waals surface area (Å²) in [6, 6.07) is 28.6. The summed E-state index contributed by atoms with van der Waals surface area (Å²) in [5.41, 5.74) is 6.73. The summed E-state index contributed by atoms with van der Waals surface area (Å²) < 4.78 is 11.3. The fourth-order valence-electron chi connectivity index (χ4n) is 5.52. The van der Waals surface area contributed by atoms with E-state index in [0.717, 1.165) is 66.4 Å². The van der Waals surface area contributed by atoms with Crippen molar-refractivity contribution in [1.29, 1.82) is 0 Å². The average Bonchev–Trinajstić information content (AvgIpc) is 3.13. The van der Waals surface area contributed by atoms with Crippen molar-refractivity contribution in [2.75, 3.05) is 50.6 Å². The van der Waals surface area contributed by atoms with E-state index in [4.69, 9.17) is 9.47 Å². The van der Waals surface area contributed by atoms with Crippen molar-refractivity contribution in [2.45, 2.75) is 20.1 Å². The van der Waals surface area contributed by atoms with Gasteiger partial charge in [-0.1, -0.05) is 48.5 Å². The summed E-state index contributed by atoms with van der Waals surface area (Å²) in [5.74, 6) is 0.262. The monoisotopic (exact) mass is 658 g/mol. The first-order chi connectivity index (χ1) is 23.8. The summed E-state index contributed by atoms with van der Waals surface area (Å²) >= 11 is 0. The summed E-state index contributed by atoms with van der Waals surface area (Å²) in [6.07, 6.45) is 4.54. The van der Waals surface area contributed by atoms with Crippen molar-refractivity contribution in [3.63, 3.8) is 0 Å². The molecule has 0 aliphatic carbocycles. The second-order valence-electron chi connectivity index (χ2n) is 12.5. The van der Waals surface area contributed by atoms with Crippen molar-refractivity contribution in [1.82, 2.24) is 19.9 Å². The minimum absolute atomic E-state index is 0.190. The third-order valence-corrected chi connectivity index (χ3v) is 8.58. The standard InChI is InChI=1S/C38H39N7O4/c1-28-10-15-33(23-35(28)43-37-40-18-16-34(42-37)32-9-6-17-39-24-32)41-36(46)31-13-11-29(12-14-31)25-44-19-21-45(2,22-20-44)27-49-38(47)48-26-30-7-4-3-5-8-30/h3-18,23-24H,19-22,25-27H2,1-2H3,(H-,40,41,42,43,46)/p+1. The van der Waals surface area contributed by atoms with Crippen molar-refractivity contribution in [2.24, 2.45) is 0 Å². The topological polar surface area (TPSA) is 119 Å². The molecule has 250 valence electrons. The summed E-state index contributed by atoms with van der Waals surface area (Å²) in [7, 11) is 2.09. The van der Waals surface area contributed by atoms with E-state index in [0.29, 0.717) is 21.7 Å². The van der Waals surface area contributed by atoms with E-state index in [2.05, 4.69) is 37.5 Å². The predicted molar refractivity (Wildman–Crippen MR) is 188 cm³/mol. The van der Waals surface area contributed by atoms with Crippen LogP contribution in [0.25, 0.3) is 11.3 Å². The Labute approximate surface area is 286 Å². The molecule has 6 rings (SSSR count). The van der Waals surface area contributed by atoms with Crippen LogP contribution < -0.4 is 10.6 Å². The number of pyridine rings is 1. The van der Waals surface area contributed by atoms with Gasteiger partial charge in [0.25, 0.3) is 5.91 Å². The van der Waals surface area contributed by atoms with Gasteiger partial charge in [-0.25, -0.2) is 14.8 Å². The van der Waals surface area contributed by atoms with E-state index in [1.54, 1.807) is 18.6 Å². The van der Waals surface area contributed by atoms with Crippen molar-refractivity contribution >= 4 is 29.4 Å². The molecule has 1 fully saturated rings. The number of amides is 1. The summed E-state index contributed by atoms with van der Waals surface area (Å²) in [4.78, 5) is 40.8. The van der Waals surface area contributed by atoms with Crippen LogP contribution in [0.4, 0.5) is 22.1 Å². The van der Waals surface area contributed by atoms with Gasteiger partial charge in [-0.15, -0.1) is 0 Å². The van der Waals surface area contributed by atoms with Gasteiger partial charge in [0, 0.05) is 60.7 Å². The number of aromatic nitrogens is 3. The van der Waals surface area contributed by atoms with E-state index < -0.39 is 6.16 Å². The van der Waals surface area contributed by atoms with Crippen LogP contribution in [0.5, 0.6) is 0 Å². The van der Waals surface area contributed by atoms with E-state index in [-0.39, 0.29) is 19.2 Å². The molecule has 11 nitrogen and oxygen atoms in total. The lowest BCUT2D eigenvalue weighted by atomic mass is 10.1. The fourth-order valence-corrected chi connectivity index (χ4v) is 5.52. The highest BCUT2D eigenvalue weighted by Gasteiger charge is 2.30. The number of carbonyl (C=O) groups excluding carboxylic acids is 2. The molecular formula is C38H40N7O4+. The molecule has 11 heteroatoms. The van der Waals surface area contributed by atoms with E-state index in [1.807, 2.05) is 97.9 Å². The molecule has 0 atom stereocenters. The molecule has 1 aliphatic rings. The molecule has 2 N–H and O–H groups in total. The summed E-state index contributed by atoms with van der Waals surface area (Å²) in [6.45, 7) is 6.66. The Balaban J connectivity index is 0.970. The number of carbonyl (C=O) groups is 2. The summed E-state index contributed by atoms with van der Waals surface area (Å²) in [5, 5.41) is 6.29. The maximum absolute atomic E-state index is 13.1. The van der Waals surface area contributed by atoms with Gasteiger partial charge in [0.15, 0.2) is 0 Å². The van der Waals surface area contributed by atoms with E-state index >= 15 is 0 Å². The highest BCUT2D eigenvalue weighted by atomic mass is 16.7. The number of quaternary nitrogens is 1. The lowest BCUT2D eigenvalue weighted by Crippen LogP contribution is -2.58. The molecule has 0 spiro atoms. The minimum atomic E-state index is -0.646. The molecule has 0 unspecified atom stereocenters. The van der Waals surface area contributed by atoms with Crippen LogP contribution >= 0.6 is 0 Å². The van der Waals surface area contributed by atoms with Gasteiger partial charge in [-0.05, 0) is 66.1 Å². The molecule has 0 bridgehead atoms. The van der Waals surface area contributed by atoms with Crippen molar-refractivity contribution in [3.05, 3.63) is 132 Å². The molecule has 0 saturated carbocycles. The van der Waals surface area contributed by atoms with E-state index in [9.17, 15) is 9.59 Å². The molecule has 49 heavy (non-hydrogen) atoms. The number of nitrogens with one attached hydrogen (secondary N) is 2. The minimum Gasteiger partial charge on any atom is -0.429 e. The molecule has 0 radical (unpaired) electrons. The number of ether oxygens (including phenoxy) is 2. The molecule has 1 amide bonds. The lowest BCUT2D eigenvalue weighted by Gasteiger charge is -2.41. The Morgan fingerprint density at radius 2 is 1.67 bits per heavy atom. The van der Waals surface area contributed by atoms with Crippen LogP contribution in [0.3, 0.4) is 0 Å². The highest BCUT2D eigenvalue weighted by molar-refractivity contribution is 6.04. The number of rotatable bonds is 11. The number of hydrogen-bond acceptors (Lipinski definition) is 9. The van der Waals surface area contributed by atoms with E-state index in [1.165, 1.54) is 0 Å². The first-order valence-electron chi connectivity index (χ1n) is 16.2. The van der Waals surface area contributed by atoms with Crippen LogP contribution in [-0.2, 0) is 22.6 Å². The Hall–Kier alpha value is -5.65. The third-order valence-electron chi connectivity index (χ3n) is 8.58. The molecular weight excluding hydrogens is 618 g/mol. The van der Waals surface area contributed by atoms with Gasteiger partial charge in [0.05, 0.1) is 25.8 Å². The largest absolute Gasteiger partial charge is 0.512 e. The van der Waals surface area contributed by atoms with Gasteiger partial charge in [0.1, 0.15) is 6.61 Å². The van der Waals surface area contributed by atoms with Gasteiger partial charge < -0.3 is 20.1 Å². The lowest BCUT2D eigenvalue weighted by molar-refractivity contribution is -0.929. The Bertz CT molecular complexity index is 1860. The normalized spacial score (nSPS) is 14.1. The number of benzene rings is 3. The SMILES string of the molecule is Cc1ccc(NC(=O)c2ccc(CN3CC[N+](C)(COC(=O)OCc4ccccc4)CC3)cc2)cc1Nc1nccc(-c2cccnc2)n1. The second-order valence-corrected chi connectivity index (χ2v) is 12.5. The quantitative estimate of drug-likeness (QED) is 0.123. The maximum Gasteiger partial charge on any atom is 0.512 e. The van der Waals surface area contributed by atoms with Crippen molar-refractivity contribution in [3.8, 4) is 11.3 Å². The smallest absolute Gasteiger partial charge is 0.429 e. The third kappa shape index (κ3) is 9.25. The highest BCUT2D eigenvalue weighted by Crippen LogP contribution is 2.25. The average molecular weight is 659 g/mol. The number of likely N-dealkylation sites (N-methyl/N-ethyl adjacent to an activating group) is 1. The Morgan fingerprint density at radius 3 is 2.43 bits per heavy atom. The van der Waals surface area contributed by atoms with Crippen LogP contribution in [0.2, 0.25) is 0 Å².